The van der Waals surface area contributed by atoms with Crippen LogP contribution in [0.25, 0.3) is 11.0 Å². The van der Waals surface area contributed by atoms with E-state index in [1.165, 1.54) is 48.0 Å². The lowest BCUT2D eigenvalue weighted by atomic mass is 9.86. The Balaban J connectivity index is 1.76. The normalized spacial score (nSPS) is 19.4. The van der Waals surface area contributed by atoms with Gasteiger partial charge in [-0.2, -0.15) is 0 Å². The van der Waals surface area contributed by atoms with Gasteiger partial charge in [-0.3, -0.25) is 0 Å². The molecule has 2 saturated carbocycles. The number of hydrogen-bond donors (Lipinski definition) is 1. The zero-order valence-electron chi connectivity index (χ0n) is 13.3. The Bertz CT molecular complexity index is 669. The molecule has 2 aliphatic rings. The summed E-state index contributed by atoms with van der Waals surface area (Å²) in [5.74, 6) is 1.92. The Hall–Kier alpha value is -1.28. The van der Waals surface area contributed by atoms with Gasteiger partial charge in [0.1, 0.15) is 11.3 Å². The quantitative estimate of drug-likeness (QED) is 0.867. The minimum absolute atomic E-state index is 0.193. The summed E-state index contributed by atoms with van der Waals surface area (Å²) in [6.45, 7) is 7.73. The molecule has 0 amide bonds. The molecule has 0 unspecified atom stereocenters. The van der Waals surface area contributed by atoms with Crippen LogP contribution >= 0.6 is 0 Å². The fourth-order valence-electron chi connectivity index (χ4n) is 3.11. The van der Waals surface area contributed by atoms with E-state index in [9.17, 15) is 0 Å². The van der Waals surface area contributed by atoms with Crippen molar-refractivity contribution in [1.29, 1.82) is 0 Å². The van der Waals surface area contributed by atoms with E-state index in [4.69, 9.17) is 4.42 Å². The van der Waals surface area contributed by atoms with E-state index < -0.39 is 0 Å². The van der Waals surface area contributed by atoms with Gasteiger partial charge < -0.3 is 9.73 Å². The van der Waals surface area contributed by atoms with Crippen molar-refractivity contribution in [3.63, 3.8) is 0 Å². The molecule has 2 fully saturated rings. The number of hydrogen-bond acceptors (Lipinski definition) is 2. The van der Waals surface area contributed by atoms with Crippen LogP contribution in [0.4, 0.5) is 0 Å². The molecule has 2 nitrogen and oxygen atoms in total. The maximum absolute atomic E-state index is 6.18. The molecule has 4 rings (SSSR count). The molecule has 2 aliphatic carbocycles. The van der Waals surface area contributed by atoms with Crippen molar-refractivity contribution in [3.8, 4) is 0 Å². The molecule has 0 saturated heterocycles. The Kier molecular flexibility index (Phi) is 2.94. The highest BCUT2D eigenvalue weighted by Crippen LogP contribution is 2.47. The molecule has 1 N–H and O–H groups in total. The van der Waals surface area contributed by atoms with Crippen LogP contribution in [0.1, 0.15) is 69.3 Å². The second kappa shape index (κ2) is 4.61. The Morgan fingerprint density at radius 2 is 1.90 bits per heavy atom. The van der Waals surface area contributed by atoms with E-state index in [-0.39, 0.29) is 5.41 Å². The average molecular weight is 283 g/mol. The van der Waals surface area contributed by atoms with Crippen molar-refractivity contribution in [2.75, 3.05) is 0 Å². The summed E-state index contributed by atoms with van der Waals surface area (Å²) < 4.78 is 6.18. The number of fused-ring (bicyclic) bond motifs is 1. The standard InChI is InChI=1S/C19H25NO/c1-19(2,3)13-6-9-16-15(10-13)18(12-4-5-12)17(21-16)11-20-14-7-8-14/h6,9-10,12,14,20H,4-5,7-8,11H2,1-3H3. The maximum Gasteiger partial charge on any atom is 0.134 e. The van der Waals surface area contributed by atoms with Crippen LogP contribution in [0.2, 0.25) is 0 Å². The zero-order chi connectivity index (χ0) is 14.6. The predicted octanol–water partition coefficient (Wildman–Crippen LogP) is 4.86. The SMILES string of the molecule is CC(C)(C)c1ccc2oc(CNC3CC3)c(C3CC3)c2c1. The van der Waals surface area contributed by atoms with E-state index in [0.29, 0.717) is 0 Å². The molecule has 0 atom stereocenters. The largest absolute Gasteiger partial charge is 0.459 e. The number of benzene rings is 1. The lowest BCUT2D eigenvalue weighted by Crippen LogP contribution is -2.15. The van der Waals surface area contributed by atoms with Crippen molar-refractivity contribution < 1.29 is 4.42 Å². The van der Waals surface area contributed by atoms with Crippen molar-refractivity contribution >= 4 is 11.0 Å². The monoisotopic (exact) mass is 283 g/mol. The van der Waals surface area contributed by atoms with Crippen molar-refractivity contribution in [2.45, 2.75) is 70.4 Å². The molecule has 0 spiro atoms. The molecule has 0 radical (unpaired) electrons. The molecule has 1 heterocycles. The van der Waals surface area contributed by atoms with Gasteiger partial charge in [-0.1, -0.05) is 26.8 Å². The Morgan fingerprint density at radius 3 is 2.52 bits per heavy atom. The van der Waals surface area contributed by atoms with E-state index in [1.807, 2.05) is 0 Å². The summed E-state index contributed by atoms with van der Waals surface area (Å²) in [4.78, 5) is 0. The third-order valence-corrected chi connectivity index (χ3v) is 4.78. The van der Waals surface area contributed by atoms with Crippen LogP contribution in [0.3, 0.4) is 0 Å². The highest BCUT2D eigenvalue weighted by Gasteiger charge is 2.32. The van der Waals surface area contributed by atoms with Gasteiger partial charge in [-0.25, -0.2) is 0 Å². The summed E-state index contributed by atoms with van der Waals surface area (Å²) >= 11 is 0. The molecule has 0 bridgehead atoms. The van der Waals surface area contributed by atoms with Gasteiger partial charge in [0.15, 0.2) is 0 Å². The van der Waals surface area contributed by atoms with E-state index in [0.717, 1.165) is 24.1 Å². The maximum atomic E-state index is 6.18. The van der Waals surface area contributed by atoms with Crippen molar-refractivity contribution in [3.05, 3.63) is 35.1 Å². The summed E-state index contributed by atoms with van der Waals surface area (Å²) in [6, 6.07) is 7.49. The van der Waals surface area contributed by atoms with Crippen LogP contribution in [0.5, 0.6) is 0 Å². The van der Waals surface area contributed by atoms with Gasteiger partial charge in [0.2, 0.25) is 0 Å². The van der Waals surface area contributed by atoms with Crippen LogP contribution in [-0.4, -0.2) is 6.04 Å². The fraction of sp³-hybridized carbons (Fsp3) is 0.579. The van der Waals surface area contributed by atoms with E-state index >= 15 is 0 Å². The van der Waals surface area contributed by atoms with Crippen LogP contribution in [0.15, 0.2) is 22.6 Å². The molecule has 2 aromatic rings. The lowest BCUT2D eigenvalue weighted by molar-refractivity contribution is 0.506. The third-order valence-electron chi connectivity index (χ3n) is 4.78. The second-order valence-electron chi connectivity index (χ2n) is 7.83. The topological polar surface area (TPSA) is 25.2 Å². The van der Waals surface area contributed by atoms with Crippen molar-refractivity contribution in [2.24, 2.45) is 0 Å². The molecular formula is C19H25NO. The Labute approximate surface area is 126 Å². The van der Waals surface area contributed by atoms with E-state index in [2.05, 4.69) is 44.3 Å². The number of nitrogens with one attached hydrogen (secondary N) is 1. The average Bonchev–Trinajstić information content (AvgIpc) is 3.32. The fourth-order valence-corrected chi connectivity index (χ4v) is 3.11. The van der Waals surface area contributed by atoms with Gasteiger partial charge in [0, 0.05) is 17.0 Å². The van der Waals surface area contributed by atoms with Gasteiger partial charge in [-0.15, -0.1) is 0 Å². The summed E-state index contributed by atoms with van der Waals surface area (Å²) in [6.07, 6.45) is 5.30. The van der Waals surface area contributed by atoms with Gasteiger partial charge in [0.05, 0.1) is 6.54 Å². The molecule has 2 heteroatoms. The molecular weight excluding hydrogens is 258 g/mol. The van der Waals surface area contributed by atoms with Crippen LogP contribution in [-0.2, 0) is 12.0 Å². The molecule has 112 valence electrons. The second-order valence-corrected chi connectivity index (χ2v) is 7.83. The first-order valence-corrected chi connectivity index (χ1v) is 8.31. The number of furan rings is 1. The molecule has 21 heavy (non-hydrogen) atoms. The Morgan fingerprint density at radius 1 is 1.14 bits per heavy atom. The first kappa shape index (κ1) is 13.4. The molecule has 1 aromatic carbocycles. The lowest BCUT2D eigenvalue weighted by Gasteiger charge is -2.18. The van der Waals surface area contributed by atoms with Crippen LogP contribution in [0, 0.1) is 0 Å². The highest BCUT2D eigenvalue weighted by atomic mass is 16.3. The minimum atomic E-state index is 0.193. The minimum Gasteiger partial charge on any atom is -0.459 e. The smallest absolute Gasteiger partial charge is 0.134 e. The van der Waals surface area contributed by atoms with Gasteiger partial charge >= 0.3 is 0 Å². The van der Waals surface area contributed by atoms with Crippen molar-refractivity contribution in [1.82, 2.24) is 5.32 Å². The summed E-state index contributed by atoms with van der Waals surface area (Å²) in [5.41, 5.74) is 4.15. The number of rotatable bonds is 4. The van der Waals surface area contributed by atoms with E-state index in [1.54, 1.807) is 0 Å². The summed E-state index contributed by atoms with van der Waals surface area (Å²) in [5, 5.41) is 4.97. The summed E-state index contributed by atoms with van der Waals surface area (Å²) in [7, 11) is 0. The molecule has 1 aromatic heterocycles. The first-order chi connectivity index (χ1) is 10.0. The zero-order valence-corrected chi connectivity index (χ0v) is 13.3. The molecule has 0 aliphatic heterocycles. The van der Waals surface area contributed by atoms with Gasteiger partial charge in [0.25, 0.3) is 0 Å². The predicted molar refractivity (Wildman–Crippen MR) is 86.8 cm³/mol. The first-order valence-electron chi connectivity index (χ1n) is 8.31. The van der Waals surface area contributed by atoms with Crippen LogP contribution < -0.4 is 5.32 Å². The highest BCUT2D eigenvalue weighted by molar-refractivity contribution is 5.84. The van der Waals surface area contributed by atoms with Gasteiger partial charge in [-0.05, 0) is 54.7 Å². The third kappa shape index (κ3) is 2.62.